The lowest BCUT2D eigenvalue weighted by Crippen LogP contribution is -2.29. The monoisotopic (exact) mass is 335 g/mol. The first-order chi connectivity index (χ1) is 12.2. The molecule has 3 aliphatic heterocycles. The van der Waals surface area contributed by atoms with Crippen LogP contribution in [0.4, 0.5) is 0 Å². The average Bonchev–Trinajstić information content (AvgIpc) is 3.32. The Balaban J connectivity index is 0.00000109. The van der Waals surface area contributed by atoms with Gasteiger partial charge < -0.3 is 4.90 Å². The van der Waals surface area contributed by atoms with Crippen molar-refractivity contribution in [2.45, 2.75) is 13.3 Å². The molecule has 1 amide bonds. The van der Waals surface area contributed by atoms with E-state index in [2.05, 4.69) is 46.5 Å². The van der Waals surface area contributed by atoms with E-state index in [1.54, 1.807) is 29.3 Å². The Morgan fingerprint density at radius 3 is 2.52 bits per heavy atom. The van der Waals surface area contributed by atoms with Crippen molar-refractivity contribution >= 4 is 17.3 Å². The molecule has 0 spiro atoms. The smallest absolute Gasteiger partial charge is 0.222 e. The standard InChI is InChI=1S/C17H17N5O.C2H4/c1-4-11(5-2)17-19-14-10-22(15(23)6-3)9-12(14)16(20-17)13-7-8-18-21-13;1-2/h4-5,7-8H,1-2,6,9-10H2,3H3;1-2H2. The lowest BCUT2D eigenvalue weighted by atomic mass is 9.93. The van der Waals surface area contributed by atoms with Crippen LogP contribution in [0, 0.1) is 12.0 Å². The molecule has 0 bridgehead atoms. The second-order valence-electron chi connectivity index (χ2n) is 5.20. The van der Waals surface area contributed by atoms with Gasteiger partial charge in [0.25, 0.3) is 0 Å². The zero-order chi connectivity index (χ0) is 18.4. The fraction of sp³-hybridized carbons (Fsp3) is 0.211. The summed E-state index contributed by atoms with van der Waals surface area (Å²) < 4.78 is 0. The minimum absolute atomic E-state index is 0.0979. The Labute approximate surface area is 148 Å². The van der Waals surface area contributed by atoms with E-state index >= 15 is 0 Å². The van der Waals surface area contributed by atoms with Crippen LogP contribution in [0.15, 0.2) is 82.4 Å². The highest BCUT2D eigenvalue weighted by atomic mass is 16.2. The highest BCUT2D eigenvalue weighted by Crippen LogP contribution is 2.32. The van der Waals surface area contributed by atoms with Gasteiger partial charge >= 0.3 is 0 Å². The second kappa shape index (κ2) is 8.28. The molecule has 3 rings (SSSR count). The number of aliphatic imine (C=N–C) groups is 2. The highest BCUT2D eigenvalue weighted by Gasteiger charge is 2.41. The van der Waals surface area contributed by atoms with Gasteiger partial charge in [-0.3, -0.25) is 4.79 Å². The molecule has 128 valence electrons. The predicted octanol–water partition coefficient (Wildman–Crippen LogP) is 3.61. The van der Waals surface area contributed by atoms with Gasteiger partial charge in [-0.25, -0.2) is 9.98 Å². The summed E-state index contributed by atoms with van der Waals surface area (Å²) in [6, 6.07) is 0.683. The predicted molar refractivity (Wildman–Crippen MR) is 101 cm³/mol. The molecule has 2 radical (unpaired) electrons. The van der Waals surface area contributed by atoms with Crippen molar-refractivity contribution in [1.82, 2.24) is 4.90 Å². The molecule has 25 heavy (non-hydrogen) atoms. The summed E-state index contributed by atoms with van der Waals surface area (Å²) in [5, 5.41) is 7.97. The highest BCUT2D eigenvalue weighted by molar-refractivity contribution is 6.30. The quantitative estimate of drug-likeness (QED) is 0.724. The Morgan fingerprint density at radius 1 is 1.24 bits per heavy atom. The summed E-state index contributed by atoms with van der Waals surface area (Å²) in [4.78, 5) is 23.0. The van der Waals surface area contributed by atoms with Gasteiger partial charge in [-0.05, 0) is 6.08 Å². The minimum atomic E-state index is 0.0979. The number of amides is 1. The van der Waals surface area contributed by atoms with Gasteiger partial charge in [0.1, 0.15) is 0 Å². The van der Waals surface area contributed by atoms with Crippen molar-refractivity contribution in [2.75, 3.05) is 13.1 Å². The Bertz CT molecular complexity index is 704. The fourth-order valence-corrected chi connectivity index (χ4v) is 2.62. The summed E-state index contributed by atoms with van der Waals surface area (Å²) in [5.41, 5.74) is 2.31. The molecule has 3 heterocycles. The van der Waals surface area contributed by atoms with Gasteiger partial charge in [0.15, 0.2) is 11.9 Å². The van der Waals surface area contributed by atoms with Gasteiger partial charge in [-0.15, -0.1) is 13.2 Å². The van der Waals surface area contributed by atoms with E-state index in [0.29, 0.717) is 31.4 Å². The molecule has 6 heteroatoms. The van der Waals surface area contributed by atoms with Crippen LogP contribution in [-0.4, -0.2) is 35.3 Å². The van der Waals surface area contributed by atoms with E-state index in [0.717, 1.165) is 22.9 Å². The fourth-order valence-electron chi connectivity index (χ4n) is 2.62. The summed E-state index contributed by atoms with van der Waals surface area (Å²) in [7, 11) is 0. The van der Waals surface area contributed by atoms with E-state index in [4.69, 9.17) is 0 Å². The second-order valence-corrected chi connectivity index (χ2v) is 5.20. The number of hydrogen-bond acceptors (Lipinski definition) is 5. The molecule has 0 aromatic carbocycles. The van der Waals surface area contributed by atoms with E-state index in [1.165, 1.54) is 0 Å². The van der Waals surface area contributed by atoms with Gasteiger partial charge in [0, 0.05) is 24.7 Å². The number of fused-ring (bicyclic) bond motifs is 1. The third-order valence-corrected chi connectivity index (χ3v) is 3.84. The summed E-state index contributed by atoms with van der Waals surface area (Å²) >= 11 is 0. The number of allylic oxidation sites excluding steroid dienone is 3. The number of nitrogens with zero attached hydrogens (tertiary/aromatic N) is 5. The van der Waals surface area contributed by atoms with Gasteiger partial charge in [-0.1, -0.05) is 32.2 Å². The first-order valence-electron chi connectivity index (χ1n) is 7.92. The molecule has 0 N–H and O–H groups in total. The van der Waals surface area contributed by atoms with E-state index in [1.807, 2.05) is 6.92 Å². The maximum atomic E-state index is 12.0. The molecule has 0 atom stereocenters. The van der Waals surface area contributed by atoms with Gasteiger partial charge in [-0.2, -0.15) is 10.2 Å². The van der Waals surface area contributed by atoms with Gasteiger partial charge in [0.2, 0.25) is 5.91 Å². The van der Waals surface area contributed by atoms with E-state index < -0.39 is 0 Å². The molecule has 0 aliphatic carbocycles. The van der Waals surface area contributed by atoms with Crippen molar-refractivity contribution in [3.05, 3.63) is 74.1 Å². The van der Waals surface area contributed by atoms with Crippen LogP contribution in [-0.2, 0) is 4.79 Å². The summed E-state index contributed by atoms with van der Waals surface area (Å²) in [6.07, 6.45) is 7.23. The zero-order valence-electron chi connectivity index (χ0n) is 14.4. The molecule has 6 nitrogen and oxygen atoms in total. The topological polar surface area (TPSA) is 69.8 Å². The molecule has 0 aromatic rings. The summed E-state index contributed by atoms with van der Waals surface area (Å²) in [5.74, 6) is 1.57. The van der Waals surface area contributed by atoms with Crippen molar-refractivity contribution in [2.24, 2.45) is 20.2 Å². The van der Waals surface area contributed by atoms with Crippen LogP contribution < -0.4 is 0 Å². The van der Waals surface area contributed by atoms with E-state index in [9.17, 15) is 4.79 Å². The minimum Gasteiger partial charge on any atom is -0.336 e. The van der Waals surface area contributed by atoms with Crippen LogP contribution in [0.25, 0.3) is 0 Å². The first-order valence-corrected chi connectivity index (χ1v) is 7.92. The molecule has 3 aliphatic rings. The van der Waals surface area contributed by atoms with E-state index in [-0.39, 0.29) is 5.91 Å². The largest absolute Gasteiger partial charge is 0.336 e. The van der Waals surface area contributed by atoms with Crippen molar-refractivity contribution in [1.29, 1.82) is 0 Å². The molecular weight excluding hydrogens is 314 g/mol. The lowest BCUT2D eigenvalue weighted by Gasteiger charge is -2.20. The number of carbonyl (C=O) groups excluding carboxylic acids is 1. The first kappa shape index (κ1) is 18.4. The average molecular weight is 335 g/mol. The third-order valence-electron chi connectivity index (χ3n) is 3.84. The van der Waals surface area contributed by atoms with Crippen molar-refractivity contribution in [3.63, 3.8) is 0 Å². The molecular formula is C19H21N5O. The van der Waals surface area contributed by atoms with Crippen LogP contribution in [0.5, 0.6) is 0 Å². The van der Waals surface area contributed by atoms with Crippen molar-refractivity contribution in [3.8, 4) is 0 Å². The number of rotatable bonds is 4. The molecule has 1 fully saturated rings. The number of hydrogen-bond donors (Lipinski definition) is 0. The Hall–Kier alpha value is -2.89. The Morgan fingerprint density at radius 2 is 1.96 bits per heavy atom. The Kier molecular flexibility index (Phi) is 6.11. The molecule has 0 unspecified atom stereocenters. The van der Waals surface area contributed by atoms with Crippen LogP contribution in [0.2, 0.25) is 0 Å². The maximum absolute atomic E-state index is 12.0. The van der Waals surface area contributed by atoms with Crippen LogP contribution in [0.1, 0.15) is 13.3 Å². The van der Waals surface area contributed by atoms with Gasteiger partial charge in [0.05, 0.1) is 23.9 Å². The number of azo groups is 1. The molecule has 0 saturated carbocycles. The molecule has 1 saturated heterocycles. The van der Waals surface area contributed by atoms with Crippen molar-refractivity contribution < 1.29 is 4.79 Å². The lowest BCUT2D eigenvalue weighted by molar-refractivity contribution is -0.129. The normalized spacial score (nSPS) is 18.9. The third kappa shape index (κ3) is 3.63. The van der Waals surface area contributed by atoms with Crippen LogP contribution in [0.3, 0.4) is 0 Å². The number of likely N-dealkylation sites (tertiary alicyclic amines) is 1. The summed E-state index contributed by atoms with van der Waals surface area (Å²) in [6.45, 7) is 16.4. The van der Waals surface area contributed by atoms with Crippen LogP contribution >= 0.6 is 0 Å². The zero-order valence-corrected chi connectivity index (χ0v) is 14.4. The molecule has 0 aromatic heterocycles. The maximum Gasteiger partial charge on any atom is 0.222 e. The SMILES string of the molecule is C=C.C=CC(C=C)=C1N=C2CN(C(=O)CC)C[C]2C([C]2C=CN=N2)=N1. The number of carbonyl (C=O) groups is 1.